The van der Waals surface area contributed by atoms with Crippen LogP contribution in [-0.4, -0.2) is 17.0 Å². The molecule has 0 radical (unpaired) electrons. The zero-order valence-corrected chi connectivity index (χ0v) is 13.6. The molecule has 0 saturated carbocycles. The minimum Gasteiger partial charge on any atom is -0.478 e. The molecular formula is C18H20FNO4. The summed E-state index contributed by atoms with van der Waals surface area (Å²) in [5.74, 6) is -1.04. The zero-order valence-electron chi connectivity index (χ0n) is 13.6. The van der Waals surface area contributed by atoms with Gasteiger partial charge >= 0.3 is 5.97 Å². The predicted molar refractivity (Wildman–Crippen MR) is 86.1 cm³/mol. The highest BCUT2D eigenvalue weighted by molar-refractivity contribution is 5.88. The Hall–Kier alpha value is -2.63. The Bertz CT molecular complexity index is 738. The average molecular weight is 333 g/mol. The number of aromatic carboxylic acids is 1. The number of rotatable bonds is 7. The van der Waals surface area contributed by atoms with Crippen molar-refractivity contribution in [3.8, 4) is 0 Å². The summed E-state index contributed by atoms with van der Waals surface area (Å²) in [5.41, 5.74) is 0.945. The lowest BCUT2D eigenvalue weighted by atomic mass is 10.0. The molecule has 1 unspecified atom stereocenters. The van der Waals surface area contributed by atoms with Gasteiger partial charge in [0.2, 0.25) is 5.91 Å². The van der Waals surface area contributed by atoms with Crippen LogP contribution in [0.3, 0.4) is 0 Å². The lowest BCUT2D eigenvalue weighted by Crippen LogP contribution is -2.28. The van der Waals surface area contributed by atoms with Crippen LogP contribution in [0.25, 0.3) is 0 Å². The molecule has 0 fully saturated rings. The van der Waals surface area contributed by atoms with E-state index in [2.05, 4.69) is 5.32 Å². The van der Waals surface area contributed by atoms with Crippen molar-refractivity contribution in [1.82, 2.24) is 5.32 Å². The van der Waals surface area contributed by atoms with E-state index < -0.39 is 5.97 Å². The monoisotopic (exact) mass is 333 g/mol. The molecule has 6 heteroatoms. The van der Waals surface area contributed by atoms with E-state index >= 15 is 0 Å². The maximum atomic E-state index is 13.1. The second kappa shape index (κ2) is 7.77. The number of carboxylic acids is 1. The Morgan fingerprint density at radius 1 is 1.33 bits per heavy atom. The fraction of sp³-hybridized carbons (Fsp3) is 0.333. The molecule has 0 aliphatic carbocycles. The topological polar surface area (TPSA) is 79.5 Å². The van der Waals surface area contributed by atoms with Crippen LogP contribution < -0.4 is 5.32 Å². The number of aryl methyl sites for hydroxylation is 2. The molecule has 24 heavy (non-hydrogen) atoms. The molecule has 0 aliphatic heterocycles. The molecule has 1 aromatic carbocycles. The predicted octanol–water partition coefficient (Wildman–Crippen LogP) is 3.31. The molecule has 1 amide bonds. The third kappa shape index (κ3) is 4.68. The molecule has 1 heterocycles. The lowest BCUT2D eigenvalue weighted by molar-refractivity contribution is -0.124. The van der Waals surface area contributed by atoms with Crippen molar-refractivity contribution in [3.63, 3.8) is 0 Å². The van der Waals surface area contributed by atoms with Gasteiger partial charge in [0.25, 0.3) is 0 Å². The lowest BCUT2D eigenvalue weighted by Gasteiger charge is -2.11. The van der Waals surface area contributed by atoms with E-state index in [9.17, 15) is 14.0 Å². The second-order valence-corrected chi connectivity index (χ2v) is 5.78. The van der Waals surface area contributed by atoms with E-state index in [1.165, 1.54) is 18.2 Å². The minimum atomic E-state index is -1.06. The van der Waals surface area contributed by atoms with E-state index in [4.69, 9.17) is 9.52 Å². The third-order valence-corrected chi connectivity index (χ3v) is 3.84. The van der Waals surface area contributed by atoms with Crippen molar-refractivity contribution in [1.29, 1.82) is 0 Å². The molecule has 1 aromatic heterocycles. The van der Waals surface area contributed by atoms with E-state index in [-0.39, 0.29) is 29.8 Å². The van der Waals surface area contributed by atoms with E-state index in [0.29, 0.717) is 24.4 Å². The first kappa shape index (κ1) is 17.7. The maximum absolute atomic E-state index is 13.1. The number of halogens is 1. The average Bonchev–Trinajstić information content (AvgIpc) is 2.91. The highest BCUT2D eigenvalue weighted by atomic mass is 19.1. The normalized spacial score (nSPS) is 12.0. The standard InChI is InChI=1S/C18H20FNO4/c1-11(6-7-13-4-3-5-14(19)8-13)17(21)20-10-15-9-16(18(22)23)12(2)24-15/h3-5,8-9,11H,6-7,10H2,1-2H3,(H,20,21)(H,22,23). The molecule has 0 spiro atoms. The van der Waals surface area contributed by atoms with Crippen molar-refractivity contribution >= 4 is 11.9 Å². The number of hydrogen-bond donors (Lipinski definition) is 2. The third-order valence-electron chi connectivity index (χ3n) is 3.84. The molecule has 2 aromatic rings. The zero-order chi connectivity index (χ0) is 17.7. The number of carbonyl (C=O) groups excluding carboxylic acids is 1. The van der Waals surface area contributed by atoms with Gasteiger partial charge < -0.3 is 14.8 Å². The summed E-state index contributed by atoms with van der Waals surface area (Å²) in [6, 6.07) is 7.73. The summed E-state index contributed by atoms with van der Waals surface area (Å²) >= 11 is 0. The number of amides is 1. The Morgan fingerprint density at radius 2 is 2.08 bits per heavy atom. The minimum absolute atomic E-state index is 0.0957. The first-order valence-electron chi connectivity index (χ1n) is 7.71. The molecule has 2 N–H and O–H groups in total. The molecule has 1 atom stereocenters. The van der Waals surface area contributed by atoms with Crippen LogP contribution in [0.15, 0.2) is 34.7 Å². The number of hydrogen-bond acceptors (Lipinski definition) is 3. The maximum Gasteiger partial charge on any atom is 0.339 e. The van der Waals surface area contributed by atoms with Crippen LogP contribution in [0.1, 0.15) is 40.8 Å². The highest BCUT2D eigenvalue weighted by Crippen LogP contribution is 2.15. The SMILES string of the molecule is Cc1oc(CNC(=O)C(C)CCc2cccc(F)c2)cc1C(=O)O. The van der Waals surface area contributed by atoms with Gasteiger partial charge in [-0.25, -0.2) is 9.18 Å². The summed E-state index contributed by atoms with van der Waals surface area (Å²) < 4.78 is 18.4. The number of benzene rings is 1. The number of carboxylic acid groups (broad SMARTS) is 1. The first-order valence-corrected chi connectivity index (χ1v) is 7.71. The molecule has 0 bridgehead atoms. The molecule has 0 aliphatic rings. The van der Waals surface area contributed by atoms with Gasteiger partial charge in [-0.2, -0.15) is 0 Å². The van der Waals surface area contributed by atoms with E-state index in [1.54, 1.807) is 19.9 Å². The van der Waals surface area contributed by atoms with E-state index in [0.717, 1.165) is 5.56 Å². The fourth-order valence-electron chi connectivity index (χ4n) is 2.40. The van der Waals surface area contributed by atoms with Crippen LogP contribution >= 0.6 is 0 Å². The molecule has 0 saturated heterocycles. The number of furan rings is 1. The van der Waals surface area contributed by atoms with Crippen molar-refractivity contribution < 1.29 is 23.5 Å². The number of nitrogens with one attached hydrogen (secondary N) is 1. The van der Waals surface area contributed by atoms with Crippen LogP contribution in [0.2, 0.25) is 0 Å². The smallest absolute Gasteiger partial charge is 0.339 e. The molecule has 128 valence electrons. The Labute approximate surface area is 139 Å². The van der Waals surface area contributed by atoms with Gasteiger partial charge in [-0.1, -0.05) is 19.1 Å². The van der Waals surface area contributed by atoms with Crippen LogP contribution in [0.4, 0.5) is 4.39 Å². The summed E-state index contributed by atoms with van der Waals surface area (Å²) in [5, 5.41) is 11.7. The first-order chi connectivity index (χ1) is 11.4. The molecule has 5 nitrogen and oxygen atoms in total. The van der Waals surface area contributed by atoms with E-state index in [1.807, 2.05) is 6.07 Å². The van der Waals surface area contributed by atoms with Crippen molar-refractivity contribution in [2.45, 2.75) is 33.2 Å². The van der Waals surface area contributed by atoms with Crippen LogP contribution in [0.5, 0.6) is 0 Å². The largest absolute Gasteiger partial charge is 0.478 e. The highest BCUT2D eigenvalue weighted by Gasteiger charge is 2.16. The quantitative estimate of drug-likeness (QED) is 0.815. The summed E-state index contributed by atoms with van der Waals surface area (Å²) in [6.45, 7) is 3.50. The van der Waals surface area contributed by atoms with Crippen molar-refractivity contribution in [2.75, 3.05) is 0 Å². The van der Waals surface area contributed by atoms with Crippen molar-refractivity contribution in [2.24, 2.45) is 5.92 Å². The summed E-state index contributed by atoms with van der Waals surface area (Å²) in [4.78, 5) is 23.0. The van der Waals surface area contributed by atoms with Gasteiger partial charge in [0.1, 0.15) is 22.9 Å². The Kier molecular flexibility index (Phi) is 5.73. The summed E-state index contributed by atoms with van der Waals surface area (Å²) in [7, 11) is 0. The van der Waals surface area contributed by atoms with Crippen LogP contribution in [-0.2, 0) is 17.8 Å². The van der Waals surface area contributed by atoms with Gasteiger partial charge in [-0.3, -0.25) is 4.79 Å². The van der Waals surface area contributed by atoms with Gasteiger partial charge in [0.05, 0.1) is 6.54 Å². The van der Waals surface area contributed by atoms with Gasteiger partial charge in [0.15, 0.2) is 0 Å². The van der Waals surface area contributed by atoms with Crippen molar-refractivity contribution in [3.05, 3.63) is 58.8 Å². The Balaban J connectivity index is 1.83. The summed E-state index contributed by atoms with van der Waals surface area (Å²) in [6.07, 6.45) is 1.20. The van der Waals surface area contributed by atoms with Gasteiger partial charge in [-0.05, 0) is 43.5 Å². The van der Waals surface area contributed by atoms with Gasteiger partial charge in [-0.15, -0.1) is 0 Å². The van der Waals surface area contributed by atoms with Gasteiger partial charge in [0, 0.05) is 5.92 Å². The van der Waals surface area contributed by atoms with Crippen LogP contribution in [0, 0.1) is 18.7 Å². The Morgan fingerprint density at radius 3 is 2.71 bits per heavy atom. The molecule has 2 rings (SSSR count). The number of carbonyl (C=O) groups is 2. The fourth-order valence-corrected chi connectivity index (χ4v) is 2.40. The molecular weight excluding hydrogens is 313 g/mol. The second-order valence-electron chi connectivity index (χ2n) is 5.78.